The average molecular weight is 244 g/mol. The van der Waals surface area contributed by atoms with Crippen molar-refractivity contribution in [3.8, 4) is 0 Å². The number of hydrogen-bond donors (Lipinski definition) is 1. The maximum Gasteiger partial charge on any atom is 0.0971 e. The van der Waals surface area contributed by atoms with Crippen LogP contribution in [0.15, 0.2) is 0 Å². The first-order chi connectivity index (χ1) is 8.31. The number of unbranched alkanes of at least 4 members (excludes halogenated alkanes) is 2. The molecule has 4 nitrogen and oxygen atoms in total. The van der Waals surface area contributed by atoms with Gasteiger partial charge in [0.1, 0.15) is 0 Å². The largest absolute Gasteiger partial charge is 0.377 e. The van der Waals surface area contributed by atoms with Crippen LogP contribution in [0.1, 0.15) is 26.2 Å². The Balaban J connectivity index is 2.04. The van der Waals surface area contributed by atoms with Crippen molar-refractivity contribution in [2.24, 2.45) is 0 Å². The zero-order valence-electron chi connectivity index (χ0n) is 11.6. The van der Waals surface area contributed by atoms with Crippen molar-refractivity contribution >= 4 is 0 Å². The van der Waals surface area contributed by atoms with Crippen molar-refractivity contribution in [1.82, 2.24) is 10.2 Å². The SMILES string of the molecule is CCNCCCCCN1CC(OC)C(OC)C1. The Kier molecular flexibility index (Phi) is 7.77. The van der Waals surface area contributed by atoms with Crippen LogP contribution in [-0.2, 0) is 9.47 Å². The summed E-state index contributed by atoms with van der Waals surface area (Å²) in [6.07, 6.45) is 4.36. The van der Waals surface area contributed by atoms with Gasteiger partial charge in [0, 0.05) is 27.3 Å². The van der Waals surface area contributed by atoms with E-state index in [1.165, 1.54) is 25.8 Å². The molecule has 17 heavy (non-hydrogen) atoms. The van der Waals surface area contributed by atoms with E-state index < -0.39 is 0 Å². The summed E-state index contributed by atoms with van der Waals surface area (Å²) in [5, 5.41) is 3.36. The fourth-order valence-electron chi connectivity index (χ4n) is 2.39. The lowest BCUT2D eigenvalue weighted by Crippen LogP contribution is -2.27. The van der Waals surface area contributed by atoms with Crippen molar-refractivity contribution in [2.75, 3.05) is 46.9 Å². The molecule has 0 saturated carbocycles. The maximum atomic E-state index is 5.43. The lowest BCUT2D eigenvalue weighted by molar-refractivity contribution is -0.00461. The third-order valence-electron chi connectivity index (χ3n) is 3.47. The molecule has 0 aromatic rings. The van der Waals surface area contributed by atoms with Crippen molar-refractivity contribution < 1.29 is 9.47 Å². The molecule has 0 amide bonds. The summed E-state index contributed by atoms with van der Waals surface area (Å²) in [7, 11) is 3.55. The number of likely N-dealkylation sites (tertiary alicyclic amines) is 1. The van der Waals surface area contributed by atoms with Gasteiger partial charge in [0.25, 0.3) is 0 Å². The van der Waals surface area contributed by atoms with Gasteiger partial charge in [-0.2, -0.15) is 0 Å². The molecular weight excluding hydrogens is 216 g/mol. The minimum absolute atomic E-state index is 0.252. The Labute approximate surface area is 106 Å². The molecule has 1 saturated heterocycles. The third-order valence-corrected chi connectivity index (χ3v) is 3.47. The molecule has 1 aliphatic heterocycles. The van der Waals surface area contributed by atoms with E-state index in [0.29, 0.717) is 0 Å². The first-order valence-electron chi connectivity index (χ1n) is 6.80. The molecule has 2 atom stereocenters. The molecule has 4 heteroatoms. The smallest absolute Gasteiger partial charge is 0.0971 e. The molecule has 1 rings (SSSR count). The highest BCUT2D eigenvalue weighted by atomic mass is 16.5. The van der Waals surface area contributed by atoms with Gasteiger partial charge in [-0.3, -0.25) is 4.90 Å². The van der Waals surface area contributed by atoms with E-state index in [2.05, 4.69) is 17.1 Å². The second-order valence-electron chi connectivity index (χ2n) is 4.72. The van der Waals surface area contributed by atoms with Crippen molar-refractivity contribution in [2.45, 2.75) is 38.4 Å². The van der Waals surface area contributed by atoms with Crippen molar-refractivity contribution in [3.63, 3.8) is 0 Å². The van der Waals surface area contributed by atoms with Crippen LogP contribution in [0, 0.1) is 0 Å². The first-order valence-corrected chi connectivity index (χ1v) is 6.80. The number of rotatable bonds is 9. The second kappa shape index (κ2) is 8.86. The van der Waals surface area contributed by atoms with Gasteiger partial charge in [-0.1, -0.05) is 13.3 Å². The minimum Gasteiger partial charge on any atom is -0.377 e. The monoisotopic (exact) mass is 244 g/mol. The standard InChI is InChI=1S/C13H28N2O2/c1-4-14-8-6-5-7-9-15-10-12(16-2)13(11-15)17-3/h12-14H,4-11H2,1-3H3. The summed E-state index contributed by atoms with van der Waals surface area (Å²) in [5.41, 5.74) is 0. The van der Waals surface area contributed by atoms with E-state index >= 15 is 0 Å². The topological polar surface area (TPSA) is 33.7 Å². The van der Waals surface area contributed by atoms with Gasteiger partial charge in [0.05, 0.1) is 12.2 Å². The summed E-state index contributed by atoms with van der Waals surface area (Å²) in [5.74, 6) is 0. The van der Waals surface area contributed by atoms with Crippen LogP contribution in [0.3, 0.4) is 0 Å². The van der Waals surface area contributed by atoms with Gasteiger partial charge in [-0.25, -0.2) is 0 Å². The van der Waals surface area contributed by atoms with Crippen LogP contribution < -0.4 is 5.32 Å². The summed E-state index contributed by atoms with van der Waals surface area (Å²) < 4.78 is 10.9. The molecule has 1 fully saturated rings. The van der Waals surface area contributed by atoms with E-state index in [1.807, 2.05) is 0 Å². The normalized spacial score (nSPS) is 25.6. The zero-order valence-corrected chi connectivity index (χ0v) is 11.6. The Hall–Kier alpha value is -0.160. The van der Waals surface area contributed by atoms with E-state index in [4.69, 9.17) is 9.47 Å². The Morgan fingerprint density at radius 1 is 1.06 bits per heavy atom. The van der Waals surface area contributed by atoms with Gasteiger partial charge >= 0.3 is 0 Å². The number of nitrogens with one attached hydrogen (secondary N) is 1. The van der Waals surface area contributed by atoms with Crippen LogP contribution in [-0.4, -0.2) is 64.1 Å². The van der Waals surface area contributed by atoms with Gasteiger partial charge < -0.3 is 14.8 Å². The number of methoxy groups -OCH3 is 2. The molecule has 0 spiro atoms. The molecule has 0 aromatic heterocycles. The third kappa shape index (κ3) is 5.34. The zero-order chi connectivity index (χ0) is 12.5. The highest BCUT2D eigenvalue weighted by molar-refractivity contribution is 4.85. The summed E-state index contributed by atoms with van der Waals surface area (Å²) in [6, 6.07) is 0. The predicted octanol–water partition coefficient (Wildman–Crippen LogP) is 1.11. The van der Waals surface area contributed by atoms with E-state index in [1.54, 1.807) is 14.2 Å². The molecule has 1 N–H and O–H groups in total. The Morgan fingerprint density at radius 2 is 1.71 bits per heavy atom. The van der Waals surface area contributed by atoms with E-state index in [9.17, 15) is 0 Å². The van der Waals surface area contributed by atoms with E-state index in [-0.39, 0.29) is 12.2 Å². The fourth-order valence-corrected chi connectivity index (χ4v) is 2.39. The summed E-state index contributed by atoms with van der Waals surface area (Å²) in [6.45, 7) is 7.59. The highest BCUT2D eigenvalue weighted by Crippen LogP contribution is 2.16. The highest BCUT2D eigenvalue weighted by Gasteiger charge is 2.32. The molecule has 0 radical (unpaired) electrons. The number of nitrogens with zero attached hydrogens (tertiary/aromatic N) is 1. The lowest BCUT2D eigenvalue weighted by Gasteiger charge is -2.14. The molecule has 102 valence electrons. The van der Waals surface area contributed by atoms with Gasteiger partial charge in [0.15, 0.2) is 0 Å². The van der Waals surface area contributed by atoms with Crippen LogP contribution in [0.2, 0.25) is 0 Å². The van der Waals surface area contributed by atoms with Crippen LogP contribution >= 0.6 is 0 Å². The van der Waals surface area contributed by atoms with Gasteiger partial charge in [0.2, 0.25) is 0 Å². The first kappa shape index (κ1) is 14.9. The van der Waals surface area contributed by atoms with E-state index in [0.717, 1.165) is 26.2 Å². The Morgan fingerprint density at radius 3 is 2.24 bits per heavy atom. The quantitative estimate of drug-likeness (QED) is 0.616. The molecular formula is C13H28N2O2. The maximum absolute atomic E-state index is 5.43. The number of ether oxygens (including phenoxy) is 2. The molecule has 1 heterocycles. The average Bonchev–Trinajstić information content (AvgIpc) is 2.76. The van der Waals surface area contributed by atoms with Crippen molar-refractivity contribution in [3.05, 3.63) is 0 Å². The molecule has 2 unspecified atom stereocenters. The van der Waals surface area contributed by atoms with Gasteiger partial charge in [-0.15, -0.1) is 0 Å². The molecule has 0 aromatic carbocycles. The lowest BCUT2D eigenvalue weighted by atomic mass is 10.2. The minimum atomic E-state index is 0.252. The van der Waals surface area contributed by atoms with Gasteiger partial charge in [-0.05, 0) is 32.5 Å². The van der Waals surface area contributed by atoms with Crippen LogP contribution in [0.25, 0.3) is 0 Å². The Bertz CT molecular complexity index is 178. The fraction of sp³-hybridized carbons (Fsp3) is 1.00. The summed E-state index contributed by atoms with van der Waals surface area (Å²) in [4.78, 5) is 2.45. The number of hydrogen-bond acceptors (Lipinski definition) is 4. The predicted molar refractivity (Wildman–Crippen MR) is 70.4 cm³/mol. The second-order valence-corrected chi connectivity index (χ2v) is 4.72. The molecule has 0 bridgehead atoms. The van der Waals surface area contributed by atoms with Crippen LogP contribution in [0.4, 0.5) is 0 Å². The summed E-state index contributed by atoms with van der Waals surface area (Å²) >= 11 is 0. The van der Waals surface area contributed by atoms with Crippen LogP contribution in [0.5, 0.6) is 0 Å². The van der Waals surface area contributed by atoms with Crippen molar-refractivity contribution in [1.29, 1.82) is 0 Å². The molecule has 1 aliphatic rings. The molecule has 0 aliphatic carbocycles.